The largest absolute Gasteiger partial charge is 0.379 e. The summed E-state index contributed by atoms with van der Waals surface area (Å²) in [7, 11) is 1.87. The molecule has 0 spiro atoms. The Labute approximate surface area is 125 Å². The number of halogens is 1. The van der Waals surface area contributed by atoms with Gasteiger partial charge in [-0.05, 0) is 31.2 Å². The molecule has 5 heteroatoms. The van der Waals surface area contributed by atoms with Gasteiger partial charge in [-0.1, -0.05) is 6.07 Å². The Morgan fingerprint density at radius 2 is 2.10 bits per heavy atom. The maximum absolute atomic E-state index is 14.3. The second-order valence-electron chi connectivity index (χ2n) is 5.85. The number of hydrogen-bond acceptors (Lipinski definition) is 4. The molecule has 2 aliphatic rings. The fourth-order valence-electron chi connectivity index (χ4n) is 3.32. The Morgan fingerprint density at radius 3 is 2.81 bits per heavy atom. The lowest BCUT2D eigenvalue weighted by atomic mass is 10.2. The zero-order chi connectivity index (χ0) is 14.7. The Balaban J connectivity index is 1.65. The van der Waals surface area contributed by atoms with Crippen molar-refractivity contribution < 1.29 is 9.13 Å². The monoisotopic (exact) mass is 293 g/mol. The van der Waals surface area contributed by atoms with Crippen molar-refractivity contribution in [3.8, 4) is 0 Å². The summed E-state index contributed by atoms with van der Waals surface area (Å²) in [4.78, 5) is 4.66. The first-order chi connectivity index (χ1) is 10.3. The predicted octanol–water partition coefficient (Wildman–Crippen LogP) is 1.46. The van der Waals surface area contributed by atoms with Crippen LogP contribution in [-0.4, -0.2) is 57.4 Å². The molecule has 1 atom stereocenters. The molecular formula is C16H24FN3O. The standard InChI is InChI=1S/C16H24FN3O/c1-18-11-13-2-3-16(15(17)10-13)20-5-4-14(12-20)19-6-8-21-9-7-19/h2-3,10,14,18H,4-9,11-12H2,1H3. The van der Waals surface area contributed by atoms with E-state index in [1.165, 1.54) is 0 Å². The predicted molar refractivity (Wildman–Crippen MR) is 82.2 cm³/mol. The van der Waals surface area contributed by atoms with Gasteiger partial charge in [-0.15, -0.1) is 0 Å². The van der Waals surface area contributed by atoms with Crippen LogP contribution in [0.15, 0.2) is 18.2 Å². The lowest BCUT2D eigenvalue weighted by Crippen LogP contribution is -2.44. The Kier molecular flexibility index (Phi) is 4.73. The molecule has 4 nitrogen and oxygen atoms in total. The van der Waals surface area contributed by atoms with Gasteiger partial charge >= 0.3 is 0 Å². The minimum absolute atomic E-state index is 0.106. The van der Waals surface area contributed by atoms with Gasteiger partial charge in [0.15, 0.2) is 0 Å². The number of ether oxygens (including phenoxy) is 1. The highest BCUT2D eigenvalue weighted by molar-refractivity contribution is 5.50. The van der Waals surface area contributed by atoms with Crippen LogP contribution in [0.3, 0.4) is 0 Å². The number of morpholine rings is 1. The number of nitrogens with zero attached hydrogens (tertiary/aromatic N) is 2. The summed E-state index contributed by atoms with van der Waals surface area (Å²) < 4.78 is 19.7. The average Bonchev–Trinajstić information content (AvgIpc) is 2.98. The Morgan fingerprint density at radius 1 is 1.29 bits per heavy atom. The topological polar surface area (TPSA) is 27.7 Å². The van der Waals surface area contributed by atoms with Crippen molar-refractivity contribution in [2.45, 2.75) is 19.0 Å². The second-order valence-corrected chi connectivity index (χ2v) is 5.85. The summed E-state index contributed by atoms with van der Waals surface area (Å²) in [5.74, 6) is -0.106. The Bertz CT molecular complexity index is 477. The van der Waals surface area contributed by atoms with E-state index in [1.807, 2.05) is 19.2 Å². The van der Waals surface area contributed by atoms with Crippen LogP contribution in [-0.2, 0) is 11.3 Å². The molecule has 0 aliphatic carbocycles. The molecule has 2 aliphatic heterocycles. The molecule has 0 amide bonds. The highest BCUT2D eigenvalue weighted by atomic mass is 19.1. The molecule has 3 rings (SSSR count). The highest BCUT2D eigenvalue weighted by Crippen LogP contribution is 2.26. The number of rotatable bonds is 4. The number of anilines is 1. The van der Waals surface area contributed by atoms with Gasteiger partial charge in [0.2, 0.25) is 0 Å². The van der Waals surface area contributed by atoms with Crippen LogP contribution < -0.4 is 10.2 Å². The summed E-state index contributed by atoms with van der Waals surface area (Å²) >= 11 is 0. The van der Waals surface area contributed by atoms with Crippen LogP contribution in [0.25, 0.3) is 0 Å². The molecule has 21 heavy (non-hydrogen) atoms. The zero-order valence-corrected chi connectivity index (χ0v) is 12.6. The van der Waals surface area contributed by atoms with Crippen LogP contribution in [0, 0.1) is 5.82 Å². The van der Waals surface area contributed by atoms with Crippen molar-refractivity contribution in [2.24, 2.45) is 0 Å². The van der Waals surface area contributed by atoms with E-state index >= 15 is 0 Å². The number of nitrogens with one attached hydrogen (secondary N) is 1. The molecule has 1 aromatic rings. The van der Waals surface area contributed by atoms with Gasteiger partial charge in [-0.3, -0.25) is 4.90 Å². The van der Waals surface area contributed by atoms with Crippen molar-refractivity contribution in [3.63, 3.8) is 0 Å². The third-order valence-electron chi connectivity index (χ3n) is 4.46. The zero-order valence-electron chi connectivity index (χ0n) is 12.6. The summed E-state index contributed by atoms with van der Waals surface area (Å²) in [5.41, 5.74) is 1.73. The van der Waals surface area contributed by atoms with Crippen LogP contribution in [0.1, 0.15) is 12.0 Å². The first-order valence-corrected chi connectivity index (χ1v) is 7.77. The summed E-state index contributed by atoms with van der Waals surface area (Å²) in [6.07, 6.45) is 1.11. The van der Waals surface area contributed by atoms with Crippen molar-refractivity contribution >= 4 is 5.69 Å². The van der Waals surface area contributed by atoms with Gasteiger partial charge < -0.3 is 15.0 Å². The molecule has 1 N–H and O–H groups in total. The fraction of sp³-hybridized carbons (Fsp3) is 0.625. The highest BCUT2D eigenvalue weighted by Gasteiger charge is 2.29. The minimum Gasteiger partial charge on any atom is -0.379 e. The van der Waals surface area contributed by atoms with Gasteiger partial charge in [0.25, 0.3) is 0 Å². The molecule has 2 fully saturated rings. The van der Waals surface area contributed by atoms with E-state index in [2.05, 4.69) is 15.1 Å². The van der Waals surface area contributed by atoms with Crippen LogP contribution in [0.5, 0.6) is 0 Å². The molecule has 2 saturated heterocycles. The lowest BCUT2D eigenvalue weighted by Gasteiger charge is -2.32. The van der Waals surface area contributed by atoms with Crippen molar-refractivity contribution in [1.82, 2.24) is 10.2 Å². The van der Waals surface area contributed by atoms with E-state index in [1.54, 1.807) is 6.07 Å². The average molecular weight is 293 g/mol. The van der Waals surface area contributed by atoms with E-state index in [9.17, 15) is 4.39 Å². The van der Waals surface area contributed by atoms with Crippen LogP contribution >= 0.6 is 0 Å². The molecule has 0 saturated carbocycles. The summed E-state index contributed by atoms with van der Waals surface area (Å²) in [5, 5.41) is 3.05. The van der Waals surface area contributed by atoms with Crippen molar-refractivity contribution in [1.29, 1.82) is 0 Å². The minimum atomic E-state index is -0.106. The van der Waals surface area contributed by atoms with Gasteiger partial charge in [0, 0.05) is 38.8 Å². The van der Waals surface area contributed by atoms with Gasteiger partial charge in [-0.2, -0.15) is 0 Å². The molecule has 116 valence electrons. The third-order valence-corrected chi connectivity index (χ3v) is 4.46. The van der Waals surface area contributed by atoms with Crippen molar-refractivity contribution in [2.75, 3.05) is 51.3 Å². The van der Waals surface area contributed by atoms with Gasteiger partial charge in [0.05, 0.1) is 18.9 Å². The summed E-state index contributed by atoms with van der Waals surface area (Å²) in [6.45, 7) is 6.21. The van der Waals surface area contributed by atoms with E-state index in [4.69, 9.17) is 4.74 Å². The van der Waals surface area contributed by atoms with Gasteiger partial charge in [-0.25, -0.2) is 4.39 Å². The van der Waals surface area contributed by atoms with E-state index in [0.717, 1.165) is 57.1 Å². The molecule has 2 heterocycles. The van der Waals surface area contributed by atoms with Crippen LogP contribution in [0.4, 0.5) is 10.1 Å². The maximum Gasteiger partial charge on any atom is 0.146 e. The smallest absolute Gasteiger partial charge is 0.146 e. The SMILES string of the molecule is CNCc1ccc(N2CCC(N3CCOCC3)C2)c(F)c1. The number of hydrogen-bond donors (Lipinski definition) is 1. The van der Waals surface area contributed by atoms with E-state index < -0.39 is 0 Å². The lowest BCUT2D eigenvalue weighted by molar-refractivity contribution is 0.0209. The molecule has 0 bridgehead atoms. The summed E-state index contributed by atoms with van der Waals surface area (Å²) in [6, 6.07) is 6.11. The Hall–Kier alpha value is -1.17. The maximum atomic E-state index is 14.3. The molecule has 0 aromatic heterocycles. The third kappa shape index (κ3) is 3.36. The molecule has 0 radical (unpaired) electrons. The van der Waals surface area contributed by atoms with E-state index in [-0.39, 0.29) is 5.82 Å². The van der Waals surface area contributed by atoms with Gasteiger partial charge in [0.1, 0.15) is 5.82 Å². The first-order valence-electron chi connectivity index (χ1n) is 7.77. The second kappa shape index (κ2) is 6.73. The molecular weight excluding hydrogens is 269 g/mol. The first kappa shape index (κ1) is 14.8. The fourth-order valence-corrected chi connectivity index (χ4v) is 3.32. The molecule has 1 aromatic carbocycles. The van der Waals surface area contributed by atoms with Crippen molar-refractivity contribution in [3.05, 3.63) is 29.6 Å². The molecule has 1 unspecified atom stereocenters. The van der Waals surface area contributed by atoms with E-state index in [0.29, 0.717) is 12.6 Å². The normalized spacial score (nSPS) is 23.7. The quantitative estimate of drug-likeness (QED) is 0.909. The number of benzene rings is 1. The van der Waals surface area contributed by atoms with Crippen LogP contribution in [0.2, 0.25) is 0 Å².